The highest BCUT2D eigenvalue weighted by atomic mass is 16.6. The maximum absolute atomic E-state index is 13.0. The van der Waals surface area contributed by atoms with E-state index in [4.69, 9.17) is 23.4 Å². The highest BCUT2D eigenvalue weighted by molar-refractivity contribution is 5.68. The molecule has 0 bridgehead atoms. The molecule has 1 amide bonds. The number of alkyl carbamates (subject to hydrolysis) is 1. The third kappa shape index (κ3) is 4.81. The van der Waals surface area contributed by atoms with Crippen LogP contribution in [0.15, 0.2) is 16.1 Å². The van der Waals surface area contributed by atoms with Crippen LogP contribution in [-0.2, 0) is 18.9 Å². The summed E-state index contributed by atoms with van der Waals surface area (Å²) in [7, 11) is 3.36. The zero-order valence-electron chi connectivity index (χ0n) is 21.2. The summed E-state index contributed by atoms with van der Waals surface area (Å²) in [6, 6.07) is -0.182. The average molecular weight is 479 g/mol. The summed E-state index contributed by atoms with van der Waals surface area (Å²) >= 11 is 0. The Labute approximate surface area is 201 Å². The molecule has 10 heteroatoms. The van der Waals surface area contributed by atoms with Crippen LogP contribution in [0.2, 0.25) is 0 Å². The molecule has 190 valence electrons. The molecule has 4 rings (SSSR count). The van der Waals surface area contributed by atoms with Gasteiger partial charge in [0, 0.05) is 14.2 Å². The monoisotopic (exact) mass is 478 g/mol. The van der Waals surface area contributed by atoms with Crippen LogP contribution < -0.4 is 10.6 Å². The van der Waals surface area contributed by atoms with Gasteiger partial charge in [-0.25, -0.2) is 4.79 Å². The summed E-state index contributed by atoms with van der Waals surface area (Å²) in [4.78, 5) is 13.0. The van der Waals surface area contributed by atoms with Gasteiger partial charge in [0.2, 0.25) is 5.89 Å². The molecule has 1 saturated carbocycles. The number of nitrogens with zero attached hydrogens (tertiary/aromatic N) is 2. The Hall–Kier alpha value is -2.17. The van der Waals surface area contributed by atoms with Gasteiger partial charge < -0.3 is 34.0 Å². The van der Waals surface area contributed by atoms with Crippen molar-refractivity contribution in [2.75, 3.05) is 26.1 Å². The lowest BCUT2D eigenvalue weighted by atomic mass is 9.68. The number of amides is 1. The first-order valence-corrected chi connectivity index (χ1v) is 12.1. The second-order valence-electron chi connectivity index (χ2n) is 10.4. The number of carbonyl (C=O) groups is 1. The molecular formula is C24H38N4O6. The number of epoxide rings is 2. The van der Waals surface area contributed by atoms with E-state index >= 15 is 0 Å². The summed E-state index contributed by atoms with van der Waals surface area (Å²) < 4.78 is 29.7. The third-order valence-electron chi connectivity index (χ3n) is 7.36. The lowest BCUT2D eigenvalue weighted by molar-refractivity contribution is -0.118. The van der Waals surface area contributed by atoms with Crippen LogP contribution >= 0.6 is 0 Å². The molecule has 1 aromatic heterocycles. The molecule has 0 radical (unpaired) electrons. The Morgan fingerprint density at radius 3 is 2.62 bits per heavy atom. The van der Waals surface area contributed by atoms with Gasteiger partial charge in [-0.1, -0.05) is 30.6 Å². The highest BCUT2D eigenvalue weighted by Gasteiger charge is 2.72. The number of carbonyl (C=O) groups excluding carboxylic acids is 1. The molecule has 3 fully saturated rings. The molecule has 3 heterocycles. The highest BCUT2D eigenvalue weighted by Crippen LogP contribution is 2.59. The van der Waals surface area contributed by atoms with Gasteiger partial charge in [0.25, 0.3) is 0 Å². The number of methoxy groups -OCH3 is 1. The zero-order valence-corrected chi connectivity index (χ0v) is 21.2. The summed E-state index contributed by atoms with van der Waals surface area (Å²) in [6.07, 6.45) is 3.32. The molecule has 1 aromatic rings. The van der Waals surface area contributed by atoms with Gasteiger partial charge in [-0.2, -0.15) is 0 Å². The lowest BCUT2D eigenvalue weighted by Crippen LogP contribution is -2.56. The maximum atomic E-state index is 13.0. The molecule has 2 aliphatic heterocycles. The van der Waals surface area contributed by atoms with E-state index in [0.717, 1.165) is 12.8 Å². The van der Waals surface area contributed by atoms with Crippen molar-refractivity contribution in [3.8, 4) is 0 Å². The van der Waals surface area contributed by atoms with Crippen LogP contribution in [0.3, 0.4) is 0 Å². The Bertz CT molecular complexity index is 909. The largest absolute Gasteiger partial charge is 0.443 e. The maximum Gasteiger partial charge on any atom is 0.408 e. The third-order valence-corrected chi connectivity index (χ3v) is 7.36. The summed E-state index contributed by atoms with van der Waals surface area (Å²) in [6.45, 7) is 10.9. The number of hydrogen-bond donors (Lipinski definition) is 2. The minimum Gasteiger partial charge on any atom is -0.443 e. The predicted octanol–water partition coefficient (Wildman–Crippen LogP) is 3.61. The van der Waals surface area contributed by atoms with Crippen LogP contribution in [0.5, 0.6) is 0 Å². The van der Waals surface area contributed by atoms with Crippen molar-refractivity contribution in [1.29, 1.82) is 0 Å². The standard InChI is InChI=1S/C24H38N4O6/c1-13(2)8-9-16-23(5,34-16)19-18(30-7)15(10-11-24(19)12-31-24)32-22(29)26-17(14(3)4)20-27-28-21(25-6)33-20/h8,14-19H,9-12H2,1-7H3,(H,25,28)(H,26,29)/t15-,16-,17-,18-,19-,23+,24+/m1/s1. The van der Waals surface area contributed by atoms with Crippen molar-refractivity contribution in [3.05, 3.63) is 17.5 Å². The molecular weight excluding hydrogens is 440 g/mol. The molecule has 1 spiro atoms. The lowest BCUT2D eigenvalue weighted by Gasteiger charge is -2.42. The summed E-state index contributed by atoms with van der Waals surface area (Å²) in [5.74, 6) is 0.322. The molecule has 7 atom stereocenters. The van der Waals surface area contributed by atoms with Gasteiger partial charge >= 0.3 is 12.1 Å². The fraction of sp³-hybridized carbons (Fsp3) is 0.792. The van der Waals surface area contributed by atoms with Gasteiger partial charge in [0.1, 0.15) is 29.5 Å². The summed E-state index contributed by atoms with van der Waals surface area (Å²) in [5, 5.41) is 13.7. The number of hydrogen-bond acceptors (Lipinski definition) is 9. The van der Waals surface area contributed by atoms with Crippen molar-refractivity contribution in [2.24, 2.45) is 11.8 Å². The second kappa shape index (κ2) is 9.47. The fourth-order valence-corrected chi connectivity index (χ4v) is 5.34. The first-order chi connectivity index (χ1) is 16.1. The van der Waals surface area contributed by atoms with Crippen molar-refractivity contribution >= 4 is 12.1 Å². The van der Waals surface area contributed by atoms with Gasteiger partial charge in [-0.15, -0.1) is 5.10 Å². The molecule has 0 aromatic carbocycles. The van der Waals surface area contributed by atoms with Crippen molar-refractivity contribution in [2.45, 2.75) is 89.4 Å². The first-order valence-electron chi connectivity index (χ1n) is 12.1. The Balaban J connectivity index is 1.45. The Morgan fingerprint density at radius 2 is 2.06 bits per heavy atom. The fourth-order valence-electron chi connectivity index (χ4n) is 5.34. The van der Waals surface area contributed by atoms with E-state index in [0.29, 0.717) is 24.9 Å². The van der Waals surface area contributed by atoms with E-state index in [2.05, 4.69) is 47.7 Å². The summed E-state index contributed by atoms with van der Waals surface area (Å²) in [5.41, 5.74) is 0.622. The van der Waals surface area contributed by atoms with Gasteiger partial charge in [-0.3, -0.25) is 0 Å². The van der Waals surface area contributed by atoms with Crippen LogP contribution in [0.25, 0.3) is 0 Å². The van der Waals surface area contributed by atoms with Crippen LogP contribution in [0, 0.1) is 11.8 Å². The number of anilines is 1. The number of nitrogens with one attached hydrogen (secondary N) is 2. The number of ether oxygens (including phenoxy) is 4. The van der Waals surface area contributed by atoms with E-state index in [1.807, 2.05) is 13.8 Å². The van der Waals surface area contributed by atoms with Crippen LogP contribution in [-0.4, -0.2) is 66.6 Å². The molecule has 3 aliphatic rings. The number of aromatic nitrogens is 2. The van der Waals surface area contributed by atoms with Crippen LogP contribution in [0.1, 0.15) is 65.8 Å². The SMILES string of the molecule is CNc1nnc([C@H](NC(=O)O[C@@H]2CC[C@]3(CO3)[C@@H]([C@@]3(C)O[C@@H]3CC=C(C)C)[C@@H]2OC)C(C)C)o1. The normalized spacial score (nSPS) is 35.1. The van der Waals surface area contributed by atoms with Gasteiger partial charge in [0.05, 0.1) is 18.6 Å². The Morgan fingerprint density at radius 1 is 1.32 bits per heavy atom. The Kier molecular flexibility index (Phi) is 6.94. The van der Waals surface area contributed by atoms with E-state index in [9.17, 15) is 4.79 Å². The molecule has 34 heavy (non-hydrogen) atoms. The smallest absolute Gasteiger partial charge is 0.408 e. The van der Waals surface area contributed by atoms with Gasteiger partial charge in [-0.05, 0) is 46.0 Å². The minimum absolute atomic E-state index is 0.0211. The van der Waals surface area contributed by atoms with Crippen molar-refractivity contribution in [1.82, 2.24) is 15.5 Å². The average Bonchev–Trinajstić information content (AvgIpc) is 3.64. The molecule has 2 saturated heterocycles. The van der Waals surface area contributed by atoms with Crippen molar-refractivity contribution in [3.63, 3.8) is 0 Å². The topological polar surface area (TPSA) is 124 Å². The van der Waals surface area contributed by atoms with E-state index in [-0.39, 0.29) is 35.2 Å². The van der Waals surface area contributed by atoms with Gasteiger partial charge in [0.15, 0.2) is 0 Å². The van der Waals surface area contributed by atoms with E-state index in [1.165, 1.54) is 5.57 Å². The first kappa shape index (κ1) is 24.9. The van der Waals surface area contributed by atoms with E-state index < -0.39 is 18.2 Å². The predicted molar refractivity (Wildman–Crippen MR) is 124 cm³/mol. The molecule has 0 unspecified atom stereocenters. The number of rotatable bonds is 9. The van der Waals surface area contributed by atoms with E-state index in [1.54, 1.807) is 14.2 Å². The van der Waals surface area contributed by atoms with Crippen LogP contribution in [0.4, 0.5) is 10.8 Å². The quantitative estimate of drug-likeness (QED) is 0.404. The molecule has 1 aliphatic carbocycles. The molecule has 2 N–H and O–H groups in total. The minimum atomic E-state index is -0.538. The van der Waals surface area contributed by atoms with Crippen molar-refractivity contribution < 1.29 is 28.2 Å². The number of allylic oxidation sites excluding steroid dienone is 1. The molecule has 10 nitrogen and oxygen atoms in total. The second-order valence-corrected chi connectivity index (χ2v) is 10.4. The zero-order chi connectivity index (χ0) is 24.7.